The van der Waals surface area contributed by atoms with E-state index >= 15 is 0 Å². The lowest BCUT2D eigenvalue weighted by Crippen LogP contribution is -2.22. The molecule has 10 heteroatoms. The van der Waals surface area contributed by atoms with Crippen LogP contribution in [0.5, 0.6) is 5.75 Å². The van der Waals surface area contributed by atoms with Crippen molar-refractivity contribution in [3.8, 4) is 22.7 Å². The number of halogens is 6. The number of alkyl halides is 3. The molecular weight excluding hydrogens is 459 g/mol. The van der Waals surface area contributed by atoms with E-state index in [-0.39, 0.29) is 21.1 Å². The number of nitrogens with zero attached hydrogens (tertiary/aromatic N) is 2. The van der Waals surface area contributed by atoms with Crippen molar-refractivity contribution in [3.63, 3.8) is 0 Å². The molecule has 0 radical (unpaired) electrons. The summed E-state index contributed by atoms with van der Waals surface area (Å²) >= 11 is 12.2. The third-order valence-corrected chi connectivity index (χ3v) is 5.09. The highest BCUT2D eigenvalue weighted by atomic mass is 35.5. The van der Waals surface area contributed by atoms with Gasteiger partial charge >= 0.3 is 6.36 Å². The molecule has 0 bridgehead atoms. The molecule has 158 valence electrons. The minimum atomic E-state index is -4.84. The van der Waals surface area contributed by atoms with Crippen LogP contribution in [0.4, 0.5) is 17.6 Å². The number of ether oxygens (including phenoxy) is 1. The smallest absolute Gasteiger partial charge is 0.406 e. The van der Waals surface area contributed by atoms with E-state index < -0.39 is 23.5 Å². The quantitative estimate of drug-likeness (QED) is 0.327. The Bertz CT molecular complexity index is 1340. The van der Waals surface area contributed by atoms with Gasteiger partial charge in [0.1, 0.15) is 11.6 Å². The van der Waals surface area contributed by atoms with Crippen LogP contribution in [0.3, 0.4) is 0 Å². The Morgan fingerprint density at radius 3 is 2.03 bits per heavy atom. The number of fused-ring (bicyclic) bond motifs is 1. The van der Waals surface area contributed by atoms with Crippen LogP contribution in [-0.2, 0) is 0 Å². The third-order valence-electron chi connectivity index (χ3n) is 4.37. The second kappa shape index (κ2) is 7.86. The highest BCUT2D eigenvalue weighted by molar-refractivity contribution is 6.43. The van der Waals surface area contributed by atoms with E-state index in [1.54, 1.807) is 0 Å². The van der Waals surface area contributed by atoms with Crippen molar-refractivity contribution in [2.45, 2.75) is 6.36 Å². The molecule has 1 aromatic heterocycles. The second-order valence-electron chi connectivity index (χ2n) is 6.43. The van der Waals surface area contributed by atoms with Gasteiger partial charge in [0.15, 0.2) is 0 Å². The van der Waals surface area contributed by atoms with E-state index in [1.807, 2.05) is 0 Å². The summed E-state index contributed by atoms with van der Waals surface area (Å²) in [5.74, 6) is -0.902. The van der Waals surface area contributed by atoms with Crippen molar-refractivity contribution < 1.29 is 22.3 Å². The summed E-state index contributed by atoms with van der Waals surface area (Å²) in [6, 6.07) is 12.9. The lowest BCUT2D eigenvalue weighted by Gasteiger charge is -2.13. The molecule has 0 amide bonds. The molecule has 4 aromatic rings. The molecule has 3 aromatic carbocycles. The Labute approximate surface area is 182 Å². The molecular formula is C21H10Cl2F4N2O2. The first kappa shape index (κ1) is 21.1. The number of hydrogen-bond donors (Lipinski definition) is 0. The highest BCUT2D eigenvalue weighted by Gasteiger charge is 2.31. The van der Waals surface area contributed by atoms with Gasteiger partial charge in [0, 0.05) is 10.9 Å². The Morgan fingerprint density at radius 1 is 0.871 bits per heavy atom. The first-order valence-electron chi connectivity index (χ1n) is 8.66. The molecule has 0 N–H and O–H groups in total. The van der Waals surface area contributed by atoms with E-state index in [0.29, 0.717) is 16.6 Å². The molecule has 4 rings (SSSR count). The highest BCUT2D eigenvalue weighted by Crippen LogP contribution is 2.32. The van der Waals surface area contributed by atoms with E-state index in [1.165, 1.54) is 48.5 Å². The maximum absolute atomic E-state index is 13.4. The zero-order chi connectivity index (χ0) is 22.3. The summed E-state index contributed by atoms with van der Waals surface area (Å²) in [5.41, 5.74) is 0.430. The number of hydrogen-bond acceptors (Lipinski definition) is 3. The average molecular weight is 469 g/mol. The molecule has 0 aliphatic rings. The summed E-state index contributed by atoms with van der Waals surface area (Å²) in [6.07, 6.45) is -4.84. The van der Waals surface area contributed by atoms with Crippen LogP contribution < -0.4 is 10.3 Å². The first-order valence-corrected chi connectivity index (χ1v) is 9.42. The molecule has 0 fully saturated rings. The van der Waals surface area contributed by atoms with Gasteiger partial charge in [-0.2, -0.15) is 9.78 Å². The van der Waals surface area contributed by atoms with E-state index in [9.17, 15) is 22.4 Å². The van der Waals surface area contributed by atoms with E-state index in [4.69, 9.17) is 23.2 Å². The lowest BCUT2D eigenvalue weighted by atomic mass is 10.0. The molecule has 0 atom stereocenters. The van der Waals surface area contributed by atoms with E-state index in [0.717, 1.165) is 16.8 Å². The normalized spacial score (nSPS) is 11.7. The van der Waals surface area contributed by atoms with Crippen LogP contribution in [0.15, 0.2) is 65.5 Å². The SMILES string of the molecule is O=c1c2cc(Cl)c(Cl)cc2c(-c2ccc(F)cc2)nn1-c1ccc(OC(F)(F)F)cc1. The average Bonchev–Trinajstić information content (AvgIpc) is 2.70. The predicted octanol–water partition coefficient (Wildman–Crippen LogP) is 6.40. The Morgan fingerprint density at radius 2 is 1.45 bits per heavy atom. The topological polar surface area (TPSA) is 44.1 Å². The van der Waals surface area contributed by atoms with Gasteiger partial charge < -0.3 is 4.74 Å². The molecule has 31 heavy (non-hydrogen) atoms. The largest absolute Gasteiger partial charge is 0.573 e. The number of benzene rings is 3. The van der Waals surface area contributed by atoms with Crippen molar-refractivity contribution in [3.05, 3.63) is 86.9 Å². The van der Waals surface area contributed by atoms with Crippen LogP contribution in [0.1, 0.15) is 0 Å². The van der Waals surface area contributed by atoms with Crippen LogP contribution in [0.2, 0.25) is 10.0 Å². The fourth-order valence-corrected chi connectivity index (χ4v) is 3.35. The second-order valence-corrected chi connectivity index (χ2v) is 7.24. The van der Waals surface area contributed by atoms with Crippen molar-refractivity contribution in [2.24, 2.45) is 0 Å². The van der Waals surface area contributed by atoms with Gasteiger partial charge in [0.2, 0.25) is 0 Å². The van der Waals surface area contributed by atoms with Crippen LogP contribution in [0, 0.1) is 5.82 Å². The summed E-state index contributed by atoms with van der Waals surface area (Å²) < 4.78 is 55.5. The molecule has 0 aliphatic carbocycles. The standard InChI is InChI=1S/C21H10Cl2F4N2O2/c22-17-9-15-16(10-18(17)23)20(30)29(28-19(15)11-1-3-12(24)4-2-11)13-5-7-14(8-6-13)31-21(25,26)27/h1-10H. The van der Waals surface area contributed by atoms with Crippen molar-refractivity contribution in [1.29, 1.82) is 0 Å². The Balaban J connectivity index is 1.94. The maximum Gasteiger partial charge on any atom is 0.573 e. The van der Waals surface area contributed by atoms with Crippen LogP contribution >= 0.6 is 23.2 Å². The minimum Gasteiger partial charge on any atom is -0.406 e. The van der Waals surface area contributed by atoms with E-state index in [2.05, 4.69) is 9.84 Å². The zero-order valence-corrected chi connectivity index (χ0v) is 16.8. The summed E-state index contributed by atoms with van der Waals surface area (Å²) in [4.78, 5) is 13.1. The fraction of sp³-hybridized carbons (Fsp3) is 0.0476. The van der Waals surface area contributed by atoms with Crippen molar-refractivity contribution in [2.75, 3.05) is 0 Å². The summed E-state index contributed by atoms with van der Waals surface area (Å²) in [7, 11) is 0. The minimum absolute atomic E-state index is 0.142. The Kier molecular flexibility index (Phi) is 5.36. The fourth-order valence-electron chi connectivity index (χ4n) is 3.02. The van der Waals surface area contributed by atoms with Crippen LogP contribution in [-0.4, -0.2) is 16.1 Å². The first-order chi connectivity index (χ1) is 14.6. The molecule has 0 aliphatic heterocycles. The van der Waals surface area contributed by atoms with Gasteiger partial charge in [-0.1, -0.05) is 23.2 Å². The lowest BCUT2D eigenvalue weighted by molar-refractivity contribution is -0.274. The van der Waals surface area contributed by atoms with Gasteiger partial charge in [0.05, 0.1) is 26.8 Å². The zero-order valence-electron chi connectivity index (χ0n) is 15.3. The van der Waals surface area contributed by atoms with Crippen molar-refractivity contribution in [1.82, 2.24) is 9.78 Å². The molecule has 1 heterocycles. The number of aromatic nitrogens is 2. The summed E-state index contributed by atoms with van der Waals surface area (Å²) in [5, 5.41) is 5.27. The van der Waals surface area contributed by atoms with Gasteiger partial charge in [-0.15, -0.1) is 13.2 Å². The molecule has 0 saturated heterocycles. The molecule has 0 spiro atoms. The maximum atomic E-state index is 13.4. The Hall–Kier alpha value is -3.10. The monoisotopic (exact) mass is 468 g/mol. The third kappa shape index (κ3) is 4.35. The summed E-state index contributed by atoms with van der Waals surface area (Å²) in [6.45, 7) is 0. The molecule has 0 saturated carbocycles. The van der Waals surface area contributed by atoms with Gasteiger partial charge in [-0.25, -0.2) is 4.39 Å². The van der Waals surface area contributed by atoms with Gasteiger partial charge in [-0.05, 0) is 60.7 Å². The molecule has 0 unspecified atom stereocenters. The predicted molar refractivity (Wildman–Crippen MR) is 109 cm³/mol. The van der Waals surface area contributed by atoms with Crippen molar-refractivity contribution >= 4 is 34.0 Å². The van der Waals surface area contributed by atoms with Crippen LogP contribution in [0.25, 0.3) is 27.7 Å². The van der Waals surface area contributed by atoms with Gasteiger partial charge in [0.25, 0.3) is 5.56 Å². The number of rotatable bonds is 3. The van der Waals surface area contributed by atoms with Gasteiger partial charge in [-0.3, -0.25) is 4.79 Å². The molecule has 4 nitrogen and oxygen atoms in total.